The highest BCUT2D eigenvalue weighted by atomic mass is 32.2. The minimum atomic E-state index is -4.18. The molecule has 1 rings (SSSR count). The van der Waals surface area contributed by atoms with Crippen LogP contribution < -0.4 is 5.32 Å². The van der Waals surface area contributed by atoms with Crippen LogP contribution in [0.4, 0.5) is 0 Å². The molecule has 0 aromatic heterocycles. The highest BCUT2D eigenvalue weighted by Gasteiger charge is 2.23. The van der Waals surface area contributed by atoms with Gasteiger partial charge in [0.25, 0.3) is 10.1 Å². The number of carbonyl (C=O) groups is 1. The normalized spacial score (nSPS) is 17.0. The molecule has 0 bridgehead atoms. The van der Waals surface area contributed by atoms with Crippen LogP contribution in [0.25, 0.3) is 0 Å². The maximum Gasteiger partial charge on any atom is 0.306 e. The van der Waals surface area contributed by atoms with E-state index in [9.17, 15) is 13.2 Å². The van der Waals surface area contributed by atoms with Crippen molar-refractivity contribution in [2.75, 3.05) is 12.3 Å². The van der Waals surface area contributed by atoms with Gasteiger partial charge >= 0.3 is 5.97 Å². The predicted octanol–water partition coefficient (Wildman–Crippen LogP) is 4.24. The van der Waals surface area contributed by atoms with Crippen molar-refractivity contribution >= 4 is 16.1 Å². The summed E-state index contributed by atoms with van der Waals surface area (Å²) < 4.78 is 36.9. The topological polar surface area (TPSA) is 92.7 Å². The number of hydrogen-bond acceptors (Lipinski definition) is 5. The molecule has 1 aliphatic carbocycles. The van der Waals surface area contributed by atoms with Gasteiger partial charge in [-0.05, 0) is 19.3 Å². The first kappa shape index (κ1) is 24.4. The van der Waals surface area contributed by atoms with E-state index in [0.717, 1.165) is 32.1 Å². The van der Waals surface area contributed by atoms with Gasteiger partial charge in [0.2, 0.25) is 0 Å². The van der Waals surface area contributed by atoms with Crippen molar-refractivity contribution in [2.24, 2.45) is 0 Å². The van der Waals surface area contributed by atoms with Crippen LogP contribution in [-0.2, 0) is 19.6 Å². The summed E-state index contributed by atoms with van der Waals surface area (Å²) in [5.41, 5.74) is 0. The van der Waals surface area contributed by atoms with Crippen LogP contribution in [0.3, 0.4) is 0 Å². The van der Waals surface area contributed by atoms with E-state index in [2.05, 4.69) is 12.2 Å². The molecule has 2 N–H and O–H groups in total. The zero-order valence-electron chi connectivity index (χ0n) is 17.0. The summed E-state index contributed by atoms with van der Waals surface area (Å²) in [6, 6.07) is 0.342. The molecule has 0 radical (unpaired) electrons. The Kier molecular flexibility index (Phi) is 13.0. The largest absolute Gasteiger partial charge is 0.460 e. The van der Waals surface area contributed by atoms with Crippen LogP contribution in [0.2, 0.25) is 0 Å². The first-order chi connectivity index (χ1) is 12.9. The molecule has 27 heavy (non-hydrogen) atoms. The minimum absolute atomic E-state index is 0.271. The smallest absolute Gasteiger partial charge is 0.306 e. The third-order valence-electron chi connectivity index (χ3n) is 5.17. The second kappa shape index (κ2) is 14.4. The van der Waals surface area contributed by atoms with Crippen molar-refractivity contribution in [2.45, 2.75) is 109 Å². The lowest BCUT2D eigenvalue weighted by molar-refractivity contribution is -0.148. The van der Waals surface area contributed by atoms with E-state index >= 15 is 0 Å². The summed E-state index contributed by atoms with van der Waals surface area (Å²) in [6.07, 6.45) is 14.3. The second-order valence-electron chi connectivity index (χ2n) is 7.83. The van der Waals surface area contributed by atoms with Gasteiger partial charge in [-0.25, -0.2) is 0 Å². The molecular formula is C20H39NO5S. The first-order valence-corrected chi connectivity index (χ1v) is 12.4. The number of ether oxygens (including phenoxy) is 1. The Morgan fingerprint density at radius 1 is 1.04 bits per heavy atom. The van der Waals surface area contributed by atoms with Gasteiger partial charge in [-0.15, -0.1) is 0 Å². The number of rotatable bonds is 15. The van der Waals surface area contributed by atoms with Crippen LogP contribution in [0.15, 0.2) is 0 Å². The highest BCUT2D eigenvalue weighted by molar-refractivity contribution is 7.85. The molecule has 0 saturated heterocycles. The van der Waals surface area contributed by atoms with Crippen molar-refractivity contribution in [3.05, 3.63) is 0 Å². The molecule has 0 aliphatic heterocycles. The highest BCUT2D eigenvalue weighted by Crippen LogP contribution is 2.17. The van der Waals surface area contributed by atoms with E-state index in [4.69, 9.17) is 9.29 Å². The molecule has 1 fully saturated rings. The van der Waals surface area contributed by atoms with E-state index in [-0.39, 0.29) is 12.5 Å². The van der Waals surface area contributed by atoms with Gasteiger partial charge in [0.05, 0.1) is 0 Å². The Morgan fingerprint density at radius 3 is 2.22 bits per heavy atom. The van der Waals surface area contributed by atoms with Gasteiger partial charge in [-0.2, -0.15) is 8.42 Å². The first-order valence-electron chi connectivity index (χ1n) is 10.8. The van der Waals surface area contributed by atoms with Crippen LogP contribution in [0, 0.1) is 0 Å². The Labute approximate surface area is 165 Å². The van der Waals surface area contributed by atoms with Crippen molar-refractivity contribution < 1.29 is 22.5 Å². The van der Waals surface area contributed by atoms with Gasteiger partial charge in [0.1, 0.15) is 11.9 Å². The lowest BCUT2D eigenvalue weighted by Gasteiger charge is -2.25. The zero-order valence-corrected chi connectivity index (χ0v) is 17.8. The number of unbranched alkanes of at least 4 members (excludes halogenated alkanes) is 7. The fourth-order valence-electron chi connectivity index (χ4n) is 3.62. The van der Waals surface area contributed by atoms with Gasteiger partial charge in [-0.1, -0.05) is 71.1 Å². The Hall–Kier alpha value is -0.660. The van der Waals surface area contributed by atoms with Crippen molar-refractivity contribution in [1.29, 1.82) is 0 Å². The zero-order chi connectivity index (χ0) is 20.0. The average molecular weight is 406 g/mol. The van der Waals surface area contributed by atoms with Crippen LogP contribution in [0.1, 0.15) is 96.8 Å². The molecule has 7 heteroatoms. The van der Waals surface area contributed by atoms with Crippen molar-refractivity contribution in [3.8, 4) is 0 Å². The molecule has 160 valence electrons. The second-order valence-corrected chi connectivity index (χ2v) is 9.33. The number of nitrogens with one attached hydrogen (secondary N) is 1. The van der Waals surface area contributed by atoms with Crippen molar-refractivity contribution in [1.82, 2.24) is 5.32 Å². The Morgan fingerprint density at radius 2 is 1.63 bits per heavy atom. The molecule has 1 unspecified atom stereocenters. The molecule has 0 spiro atoms. The monoisotopic (exact) mass is 405 g/mol. The van der Waals surface area contributed by atoms with Crippen LogP contribution in [-0.4, -0.2) is 43.4 Å². The average Bonchev–Trinajstić information content (AvgIpc) is 2.61. The number of carbonyl (C=O) groups excluding carboxylic acids is 1. The lowest BCUT2D eigenvalue weighted by Crippen LogP contribution is -2.41. The van der Waals surface area contributed by atoms with E-state index in [1.165, 1.54) is 51.4 Å². The third-order valence-corrected chi connectivity index (χ3v) is 5.96. The fraction of sp³-hybridized carbons (Fsp3) is 0.950. The standard InChI is InChI=1S/C20H39NO5S/c1-2-3-4-5-6-7-8-12-15-20(22)26-19(17-27(23,24)25)16-21-18-13-10-9-11-14-18/h18-19,21H,2-17H2,1H3,(H,23,24,25). The van der Waals surface area contributed by atoms with Gasteiger partial charge in [-0.3, -0.25) is 9.35 Å². The summed E-state index contributed by atoms with van der Waals surface area (Å²) >= 11 is 0. The number of esters is 1. The fourth-order valence-corrected chi connectivity index (χ4v) is 4.28. The predicted molar refractivity (Wildman–Crippen MR) is 108 cm³/mol. The quantitative estimate of drug-likeness (QED) is 0.240. The molecule has 0 aromatic carbocycles. The molecule has 0 aromatic rings. The summed E-state index contributed by atoms with van der Waals surface area (Å²) in [5.74, 6) is -0.921. The SMILES string of the molecule is CCCCCCCCCCC(=O)OC(CNC1CCCCC1)CS(=O)(=O)O. The maximum absolute atomic E-state index is 12.0. The van der Waals surface area contributed by atoms with Crippen LogP contribution >= 0.6 is 0 Å². The van der Waals surface area contributed by atoms with E-state index < -0.39 is 22.0 Å². The molecular weight excluding hydrogens is 366 g/mol. The third kappa shape index (κ3) is 14.1. The molecule has 0 heterocycles. The minimum Gasteiger partial charge on any atom is -0.460 e. The van der Waals surface area contributed by atoms with Gasteiger partial charge < -0.3 is 10.1 Å². The molecule has 1 atom stereocenters. The summed E-state index contributed by atoms with van der Waals surface area (Å²) in [5, 5.41) is 3.30. The lowest BCUT2D eigenvalue weighted by atomic mass is 9.95. The van der Waals surface area contributed by atoms with E-state index in [1.807, 2.05) is 0 Å². The summed E-state index contributed by atoms with van der Waals surface area (Å²) in [4.78, 5) is 12.0. The summed E-state index contributed by atoms with van der Waals surface area (Å²) in [7, 11) is -4.18. The van der Waals surface area contributed by atoms with E-state index in [1.54, 1.807) is 0 Å². The summed E-state index contributed by atoms with van der Waals surface area (Å²) in [6.45, 7) is 2.47. The Balaban J connectivity index is 2.24. The molecule has 0 amide bonds. The Bertz CT molecular complexity index is 489. The van der Waals surface area contributed by atoms with Gasteiger partial charge in [0.15, 0.2) is 0 Å². The van der Waals surface area contributed by atoms with Gasteiger partial charge in [0, 0.05) is 19.0 Å². The molecule has 1 saturated carbocycles. The molecule has 6 nitrogen and oxygen atoms in total. The maximum atomic E-state index is 12.0. The number of hydrogen-bond donors (Lipinski definition) is 2. The van der Waals surface area contributed by atoms with Crippen LogP contribution in [0.5, 0.6) is 0 Å². The molecule has 1 aliphatic rings. The van der Waals surface area contributed by atoms with E-state index in [0.29, 0.717) is 12.5 Å². The van der Waals surface area contributed by atoms with Crippen molar-refractivity contribution in [3.63, 3.8) is 0 Å².